The molecule has 2 aromatic carbocycles. The Morgan fingerprint density at radius 3 is 2.69 bits per heavy atom. The molecule has 0 heterocycles. The predicted molar refractivity (Wildman–Crippen MR) is 64.5 cm³/mol. The highest BCUT2D eigenvalue weighted by Gasteiger charge is 2.15. The zero-order chi connectivity index (χ0) is 11.5. The van der Waals surface area contributed by atoms with Gasteiger partial charge in [0.1, 0.15) is 5.75 Å². The van der Waals surface area contributed by atoms with Crippen LogP contribution in [0.25, 0.3) is 10.8 Å². The number of nitrogens with two attached hydrogens (primary N) is 1. The fourth-order valence-electron chi connectivity index (χ4n) is 1.92. The maximum Gasteiger partial charge on any atom is 0.125 e. The van der Waals surface area contributed by atoms with Crippen LogP contribution in [0.5, 0.6) is 5.75 Å². The third kappa shape index (κ3) is 1.75. The van der Waals surface area contributed by atoms with Crippen molar-refractivity contribution < 1.29 is 9.84 Å². The minimum Gasteiger partial charge on any atom is -0.496 e. The number of methoxy groups -OCH3 is 1. The molecule has 2 rings (SSSR count). The fourth-order valence-corrected chi connectivity index (χ4v) is 1.92. The summed E-state index contributed by atoms with van der Waals surface area (Å²) in [5.74, 6) is 0.677. The smallest absolute Gasteiger partial charge is 0.125 e. The molecule has 0 radical (unpaired) electrons. The van der Waals surface area contributed by atoms with E-state index in [1.807, 2.05) is 36.4 Å². The number of fused-ring (bicyclic) bond motifs is 1. The Morgan fingerprint density at radius 1 is 1.25 bits per heavy atom. The minimum absolute atomic E-state index is 0.185. The molecule has 3 nitrogen and oxygen atoms in total. The van der Waals surface area contributed by atoms with E-state index in [1.165, 1.54) is 0 Å². The van der Waals surface area contributed by atoms with Gasteiger partial charge in [0, 0.05) is 12.1 Å². The van der Waals surface area contributed by atoms with Crippen LogP contribution in [0.1, 0.15) is 11.7 Å². The van der Waals surface area contributed by atoms with Gasteiger partial charge in [-0.1, -0.05) is 30.3 Å². The van der Waals surface area contributed by atoms with Gasteiger partial charge >= 0.3 is 0 Å². The molecule has 0 saturated carbocycles. The Morgan fingerprint density at radius 2 is 2.00 bits per heavy atom. The summed E-state index contributed by atoms with van der Waals surface area (Å²) in [7, 11) is 1.59. The highest BCUT2D eigenvalue weighted by molar-refractivity contribution is 5.88. The molecule has 0 aliphatic carbocycles. The van der Waals surface area contributed by atoms with Crippen LogP contribution in [-0.4, -0.2) is 18.8 Å². The van der Waals surface area contributed by atoms with Crippen molar-refractivity contribution in [1.29, 1.82) is 0 Å². The Bertz CT molecular complexity index is 496. The molecule has 0 unspecified atom stereocenters. The lowest BCUT2D eigenvalue weighted by Crippen LogP contribution is -2.13. The van der Waals surface area contributed by atoms with Gasteiger partial charge in [-0.05, 0) is 16.8 Å². The molecule has 0 spiro atoms. The number of aliphatic hydroxyl groups is 1. The molecule has 16 heavy (non-hydrogen) atoms. The van der Waals surface area contributed by atoms with Gasteiger partial charge in [-0.3, -0.25) is 0 Å². The van der Waals surface area contributed by atoms with Crippen molar-refractivity contribution in [3.8, 4) is 5.75 Å². The van der Waals surface area contributed by atoms with Crippen molar-refractivity contribution in [2.75, 3.05) is 13.7 Å². The zero-order valence-corrected chi connectivity index (χ0v) is 9.18. The third-order valence-corrected chi connectivity index (χ3v) is 2.71. The van der Waals surface area contributed by atoms with Crippen molar-refractivity contribution >= 4 is 10.8 Å². The van der Waals surface area contributed by atoms with E-state index in [1.54, 1.807) is 7.11 Å². The Labute approximate surface area is 94.5 Å². The maximum absolute atomic E-state index is 9.93. The molecule has 2 aromatic rings. The van der Waals surface area contributed by atoms with E-state index in [0.717, 1.165) is 16.3 Å². The van der Waals surface area contributed by atoms with Crippen molar-refractivity contribution in [2.24, 2.45) is 5.73 Å². The normalized spacial score (nSPS) is 12.7. The SMILES string of the molecule is COc1ccc2ccccc2c1[C@@H](O)CN. The molecule has 0 amide bonds. The first-order chi connectivity index (χ1) is 7.77. The van der Waals surface area contributed by atoms with Gasteiger partial charge in [0.25, 0.3) is 0 Å². The summed E-state index contributed by atoms with van der Waals surface area (Å²) in [6.07, 6.45) is -0.693. The summed E-state index contributed by atoms with van der Waals surface area (Å²) in [5.41, 5.74) is 6.28. The first kappa shape index (κ1) is 10.9. The average Bonchev–Trinajstić information content (AvgIpc) is 2.36. The van der Waals surface area contributed by atoms with E-state index in [0.29, 0.717) is 5.75 Å². The molecule has 0 fully saturated rings. The van der Waals surface area contributed by atoms with Crippen LogP contribution in [0.15, 0.2) is 36.4 Å². The van der Waals surface area contributed by atoms with E-state index in [4.69, 9.17) is 10.5 Å². The molecule has 3 N–H and O–H groups in total. The van der Waals surface area contributed by atoms with Crippen molar-refractivity contribution in [2.45, 2.75) is 6.10 Å². The van der Waals surface area contributed by atoms with Crippen molar-refractivity contribution in [1.82, 2.24) is 0 Å². The van der Waals surface area contributed by atoms with Gasteiger partial charge in [-0.2, -0.15) is 0 Å². The number of rotatable bonds is 3. The lowest BCUT2D eigenvalue weighted by Gasteiger charge is -2.15. The summed E-state index contributed by atoms with van der Waals surface area (Å²) >= 11 is 0. The van der Waals surface area contributed by atoms with Crippen LogP contribution in [0, 0.1) is 0 Å². The molecule has 0 aromatic heterocycles. The molecule has 0 aliphatic rings. The molecule has 0 bridgehead atoms. The van der Waals surface area contributed by atoms with E-state index in [9.17, 15) is 5.11 Å². The van der Waals surface area contributed by atoms with E-state index in [2.05, 4.69) is 0 Å². The number of aliphatic hydroxyl groups excluding tert-OH is 1. The monoisotopic (exact) mass is 217 g/mol. The number of benzene rings is 2. The van der Waals surface area contributed by atoms with Crippen LogP contribution in [0.2, 0.25) is 0 Å². The summed E-state index contributed by atoms with van der Waals surface area (Å²) in [4.78, 5) is 0. The number of hydrogen-bond acceptors (Lipinski definition) is 3. The standard InChI is InChI=1S/C13H15NO2/c1-16-12-7-6-9-4-2-3-5-10(9)13(12)11(15)8-14/h2-7,11,15H,8,14H2,1H3/t11-/m0/s1. The van der Waals surface area contributed by atoms with Gasteiger partial charge in [0.15, 0.2) is 0 Å². The second-order valence-electron chi connectivity index (χ2n) is 3.65. The summed E-state index contributed by atoms with van der Waals surface area (Å²) < 4.78 is 5.26. The number of ether oxygens (including phenoxy) is 1. The Balaban J connectivity index is 2.72. The average molecular weight is 217 g/mol. The number of hydrogen-bond donors (Lipinski definition) is 2. The third-order valence-electron chi connectivity index (χ3n) is 2.71. The van der Waals surface area contributed by atoms with E-state index >= 15 is 0 Å². The maximum atomic E-state index is 9.93. The summed E-state index contributed by atoms with van der Waals surface area (Å²) in [6.45, 7) is 0.185. The summed E-state index contributed by atoms with van der Waals surface area (Å²) in [6, 6.07) is 11.7. The van der Waals surface area contributed by atoms with Crippen LogP contribution in [0.3, 0.4) is 0 Å². The second kappa shape index (κ2) is 4.51. The van der Waals surface area contributed by atoms with Crippen LogP contribution >= 0.6 is 0 Å². The molecular formula is C13H15NO2. The zero-order valence-electron chi connectivity index (χ0n) is 9.18. The minimum atomic E-state index is -0.693. The van der Waals surface area contributed by atoms with Crippen LogP contribution in [-0.2, 0) is 0 Å². The fraction of sp³-hybridized carbons (Fsp3) is 0.231. The first-order valence-electron chi connectivity index (χ1n) is 5.21. The molecule has 84 valence electrons. The quantitative estimate of drug-likeness (QED) is 0.824. The Kier molecular flexibility index (Phi) is 3.08. The van der Waals surface area contributed by atoms with Gasteiger partial charge < -0.3 is 15.6 Å². The van der Waals surface area contributed by atoms with Crippen LogP contribution in [0.4, 0.5) is 0 Å². The van der Waals surface area contributed by atoms with Crippen molar-refractivity contribution in [3.63, 3.8) is 0 Å². The van der Waals surface area contributed by atoms with E-state index < -0.39 is 6.10 Å². The van der Waals surface area contributed by atoms with Gasteiger partial charge in [-0.25, -0.2) is 0 Å². The van der Waals surface area contributed by atoms with Crippen LogP contribution < -0.4 is 10.5 Å². The Hall–Kier alpha value is -1.58. The molecular weight excluding hydrogens is 202 g/mol. The largest absolute Gasteiger partial charge is 0.496 e. The topological polar surface area (TPSA) is 55.5 Å². The molecule has 1 atom stereocenters. The lowest BCUT2D eigenvalue weighted by atomic mass is 9.99. The first-order valence-corrected chi connectivity index (χ1v) is 5.21. The second-order valence-corrected chi connectivity index (χ2v) is 3.65. The predicted octanol–water partition coefficient (Wildman–Crippen LogP) is 1.84. The van der Waals surface area contributed by atoms with Gasteiger partial charge in [0.05, 0.1) is 13.2 Å². The van der Waals surface area contributed by atoms with Gasteiger partial charge in [-0.15, -0.1) is 0 Å². The van der Waals surface area contributed by atoms with Gasteiger partial charge in [0.2, 0.25) is 0 Å². The summed E-state index contributed by atoms with van der Waals surface area (Å²) in [5, 5.41) is 12.0. The highest BCUT2D eigenvalue weighted by atomic mass is 16.5. The molecule has 0 saturated heterocycles. The highest BCUT2D eigenvalue weighted by Crippen LogP contribution is 2.32. The molecule has 0 aliphatic heterocycles. The molecule has 3 heteroatoms. The van der Waals surface area contributed by atoms with Crippen molar-refractivity contribution in [3.05, 3.63) is 42.0 Å². The van der Waals surface area contributed by atoms with E-state index in [-0.39, 0.29) is 6.54 Å². The lowest BCUT2D eigenvalue weighted by molar-refractivity contribution is 0.184.